The van der Waals surface area contributed by atoms with Crippen LogP contribution in [0.3, 0.4) is 0 Å². The van der Waals surface area contributed by atoms with Crippen LogP contribution in [0.1, 0.15) is 30.9 Å². The molecule has 0 bridgehead atoms. The van der Waals surface area contributed by atoms with Gasteiger partial charge in [0, 0.05) is 11.6 Å². The second-order valence-corrected chi connectivity index (χ2v) is 4.89. The number of methoxy groups -OCH3 is 1. The van der Waals surface area contributed by atoms with Gasteiger partial charge in [-0.25, -0.2) is 9.97 Å². The topological polar surface area (TPSA) is 61.0 Å². The van der Waals surface area contributed by atoms with Crippen LogP contribution in [0.2, 0.25) is 0 Å². The van der Waals surface area contributed by atoms with E-state index in [-0.39, 0.29) is 0 Å². The molecule has 19 heavy (non-hydrogen) atoms. The van der Waals surface area contributed by atoms with Gasteiger partial charge in [0.15, 0.2) is 0 Å². The molecule has 1 aromatic carbocycles. The lowest BCUT2D eigenvalue weighted by molar-refractivity contribution is 0.407. The van der Waals surface area contributed by atoms with Crippen LogP contribution in [0.5, 0.6) is 5.75 Å². The molecule has 0 saturated heterocycles. The normalized spacial score (nSPS) is 10.8. The molecule has 0 fully saturated rings. The van der Waals surface area contributed by atoms with Crippen LogP contribution >= 0.6 is 0 Å². The minimum atomic E-state index is 0.383. The zero-order valence-electron chi connectivity index (χ0n) is 11.8. The molecule has 0 saturated carbocycles. The summed E-state index contributed by atoms with van der Waals surface area (Å²) in [6.45, 7) is 6.33. The maximum absolute atomic E-state index is 5.72. The number of anilines is 1. The molecular formula is C15H19N3O. The molecule has 0 amide bonds. The zero-order chi connectivity index (χ0) is 14.0. The number of nitrogens with zero attached hydrogens (tertiary/aromatic N) is 2. The number of nitrogen functional groups attached to an aromatic ring is 1. The Morgan fingerprint density at radius 1 is 1.16 bits per heavy atom. The minimum absolute atomic E-state index is 0.383. The lowest BCUT2D eigenvalue weighted by Crippen LogP contribution is -1.99. The monoisotopic (exact) mass is 257 g/mol. The molecule has 0 unspecified atom stereocenters. The average Bonchev–Trinajstić information content (AvgIpc) is 2.37. The first-order valence-electron chi connectivity index (χ1n) is 6.29. The summed E-state index contributed by atoms with van der Waals surface area (Å²) in [6.07, 6.45) is 1.49. The molecule has 1 heterocycles. The van der Waals surface area contributed by atoms with E-state index in [4.69, 9.17) is 10.5 Å². The summed E-state index contributed by atoms with van der Waals surface area (Å²) in [7, 11) is 1.70. The highest BCUT2D eigenvalue weighted by molar-refractivity contribution is 5.68. The summed E-state index contributed by atoms with van der Waals surface area (Å²) in [6, 6.07) is 5.96. The Balaban J connectivity index is 2.61. The molecule has 0 spiro atoms. The summed E-state index contributed by atoms with van der Waals surface area (Å²) in [5.74, 6) is 1.78. The van der Waals surface area contributed by atoms with Crippen molar-refractivity contribution in [3.05, 3.63) is 35.7 Å². The SMILES string of the molecule is COc1cc(C)c(-c2cc(N)ncn2)cc1C(C)C. The first kappa shape index (κ1) is 13.3. The van der Waals surface area contributed by atoms with E-state index < -0.39 is 0 Å². The van der Waals surface area contributed by atoms with Crippen LogP contribution < -0.4 is 10.5 Å². The van der Waals surface area contributed by atoms with Crippen molar-refractivity contribution in [3.63, 3.8) is 0 Å². The smallest absolute Gasteiger partial charge is 0.127 e. The number of ether oxygens (including phenoxy) is 1. The second kappa shape index (κ2) is 5.26. The zero-order valence-corrected chi connectivity index (χ0v) is 11.8. The van der Waals surface area contributed by atoms with Crippen molar-refractivity contribution >= 4 is 5.82 Å². The summed E-state index contributed by atoms with van der Waals surface area (Å²) < 4.78 is 5.44. The molecule has 100 valence electrons. The van der Waals surface area contributed by atoms with Crippen LogP contribution in [0.4, 0.5) is 5.82 Å². The molecule has 2 aromatic rings. The highest BCUT2D eigenvalue weighted by Gasteiger charge is 2.13. The number of aryl methyl sites for hydroxylation is 1. The Kier molecular flexibility index (Phi) is 3.69. The predicted octanol–water partition coefficient (Wildman–Crippen LogP) is 3.17. The molecule has 0 atom stereocenters. The lowest BCUT2D eigenvalue weighted by Gasteiger charge is -2.16. The van der Waals surface area contributed by atoms with E-state index in [0.29, 0.717) is 11.7 Å². The van der Waals surface area contributed by atoms with Crippen LogP contribution in [-0.4, -0.2) is 17.1 Å². The van der Waals surface area contributed by atoms with Crippen molar-refractivity contribution in [1.82, 2.24) is 9.97 Å². The summed E-state index contributed by atoms with van der Waals surface area (Å²) in [5.41, 5.74) is 9.91. The maximum atomic E-state index is 5.72. The fraction of sp³-hybridized carbons (Fsp3) is 0.333. The third kappa shape index (κ3) is 2.67. The van der Waals surface area contributed by atoms with Gasteiger partial charge in [0.05, 0.1) is 12.8 Å². The van der Waals surface area contributed by atoms with Gasteiger partial charge in [0.25, 0.3) is 0 Å². The van der Waals surface area contributed by atoms with E-state index in [1.165, 1.54) is 11.9 Å². The van der Waals surface area contributed by atoms with Gasteiger partial charge < -0.3 is 10.5 Å². The quantitative estimate of drug-likeness (QED) is 0.917. The molecule has 2 rings (SSSR count). The third-order valence-corrected chi connectivity index (χ3v) is 3.16. The summed E-state index contributed by atoms with van der Waals surface area (Å²) >= 11 is 0. The van der Waals surface area contributed by atoms with E-state index in [9.17, 15) is 0 Å². The van der Waals surface area contributed by atoms with Crippen molar-refractivity contribution in [2.45, 2.75) is 26.7 Å². The molecular weight excluding hydrogens is 238 g/mol. The fourth-order valence-corrected chi connectivity index (χ4v) is 2.12. The van der Waals surface area contributed by atoms with E-state index in [2.05, 4.69) is 29.9 Å². The molecule has 0 aliphatic rings. The summed E-state index contributed by atoms with van der Waals surface area (Å²) in [4.78, 5) is 8.22. The largest absolute Gasteiger partial charge is 0.496 e. The van der Waals surface area contributed by atoms with Crippen molar-refractivity contribution in [2.75, 3.05) is 12.8 Å². The van der Waals surface area contributed by atoms with E-state index in [1.54, 1.807) is 13.2 Å². The number of rotatable bonds is 3. The molecule has 4 heteroatoms. The fourth-order valence-electron chi connectivity index (χ4n) is 2.12. The van der Waals surface area contributed by atoms with Crippen molar-refractivity contribution in [1.29, 1.82) is 0 Å². The molecule has 1 aromatic heterocycles. The average molecular weight is 257 g/mol. The van der Waals surface area contributed by atoms with Crippen molar-refractivity contribution < 1.29 is 4.74 Å². The standard InChI is InChI=1S/C15H19N3O/c1-9(2)11-6-12(10(3)5-14(11)19-4)13-7-15(16)18-8-17-13/h5-9H,1-4H3,(H2,16,17,18). The van der Waals surface area contributed by atoms with E-state index >= 15 is 0 Å². The van der Waals surface area contributed by atoms with Gasteiger partial charge in [-0.2, -0.15) is 0 Å². The van der Waals surface area contributed by atoms with E-state index in [1.807, 2.05) is 13.0 Å². The number of hydrogen-bond donors (Lipinski definition) is 1. The first-order chi connectivity index (χ1) is 9.02. The molecule has 0 aliphatic carbocycles. The Bertz CT molecular complexity index is 594. The van der Waals surface area contributed by atoms with Gasteiger partial charge >= 0.3 is 0 Å². The molecule has 0 aliphatic heterocycles. The Morgan fingerprint density at radius 2 is 1.89 bits per heavy atom. The number of aromatic nitrogens is 2. The van der Waals surface area contributed by atoms with Crippen molar-refractivity contribution in [2.24, 2.45) is 0 Å². The predicted molar refractivity (Wildman–Crippen MR) is 77.3 cm³/mol. The highest BCUT2D eigenvalue weighted by atomic mass is 16.5. The molecule has 4 nitrogen and oxygen atoms in total. The van der Waals surface area contributed by atoms with E-state index in [0.717, 1.165) is 22.6 Å². The van der Waals surface area contributed by atoms with Gasteiger partial charge in [-0.1, -0.05) is 13.8 Å². The Labute approximate surface area is 113 Å². The van der Waals surface area contributed by atoms with Gasteiger partial charge in [0.2, 0.25) is 0 Å². The highest BCUT2D eigenvalue weighted by Crippen LogP contribution is 2.33. The van der Waals surface area contributed by atoms with Crippen molar-refractivity contribution in [3.8, 4) is 17.0 Å². The van der Waals surface area contributed by atoms with Gasteiger partial charge in [-0.15, -0.1) is 0 Å². The van der Waals surface area contributed by atoms with Gasteiger partial charge in [0.1, 0.15) is 17.9 Å². The number of benzene rings is 1. The summed E-state index contributed by atoms with van der Waals surface area (Å²) in [5, 5.41) is 0. The minimum Gasteiger partial charge on any atom is -0.496 e. The maximum Gasteiger partial charge on any atom is 0.127 e. The Hall–Kier alpha value is -2.10. The van der Waals surface area contributed by atoms with Crippen LogP contribution in [0.15, 0.2) is 24.5 Å². The Morgan fingerprint density at radius 3 is 2.47 bits per heavy atom. The number of hydrogen-bond acceptors (Lipinski definition) is 4. The van der Waals surface area contributed by atoms with Gasteiger partial charge in [-0.05, 0) is 36.1 Å². The molecule has 0 radical (unpaired) electrons. The first-order valence-corrected chi connectivity index (χ1v) is 6.29. The van der Waals surface area contributed by atoms with Gasteiger partial charge in [-0.3, -0.25) is 0 Å². The van der Waals surface area contributed by atoms with Crippen LogP contribution in [-0.2, 0) is 0 Å². The second-order valence-electron chi connectivity index (χ2n) is 4.89. The lowest BCUT2D eigenvalue weighted by atomic mass is 9.95. The van der Waals surface area contributed by atoms with Crippen LogP contribution in [0.25, 0.3) is 11.3 Å². The number of nitrogens with two attached hydrogens (primary N) is 1. The molecule has 2 N–H and O–H groups in total. The van der Waals surface area contributed by atoms with Crippen LogP contribution in [0, 0.1) is 6.92 Å². The third-order valence-electron chi connectivity index (χ3n) is 3.16.